The number of aryl methyl sites for hydroxylation is 2. The van der Waals surface area contributed by atoms with Gasteiger partial charge in [-0.05, 0) is 55.8 Å². The zero-order valence-electron chi connectivity index (χ0n) is 17.4. The summed E-state index contributed by atoms with van der Waals surface area (Å²) in [4.78, 5) is 30.4. The summed E-state index contributed by atoms with van der Waals surface area (Å²) < 4.78 is 15.3. The number of aromatic nitrogens is 2. The Morgan fingerprint density at radius 2 is 1.94 bits per heavy atom. The molecule has 0 unspecified atom stereocenters. The lowest BCUT2D eigenvalue weighted by Gasteiger charge is -2.07. The topological polar surface area (TPSA) is 76.0 Å². The van der Waals surface area contributed by atoms with E-state index in [9.17, 15) is 14.0 Å². The van der Waals surface area contributed by atoms with Crippen molar-refractivity contribution in [2.24, 2.45) is 0 Å². The Morgan fingerprint density at radius 3 is 2.69 bits per heavy atom. The molecular formula is C23H20ClFN4O2S. The first-order valence-electron chi connectivity index (χ1n) is 9.96. The number of carbonyl (C=O) groups is 2. The van der Waals surface area contributed by atoms with Crippen molar-refractivity contribution in [1.82, 2.24) is 14.9 Å². The molecular weight excluding hydrogens is 451 g/mol. The van der Waals surface area contributed by atoms with Gasteiger partial charge in [-0.3, -0.25) is 9.59 Å². The van der Waals surface area contributed by atoms with E-state index in [-0.39, 0.29) is 23.0 Å². The van der Waals surface area contributed by atoms with Crippen molar-refractivity contribution in [3.05, 3.63) is 81.2 Å². The van der Waals surface area contributed by atoms with Crippen LogP contribution in [0.25, 0.3) is 11.0 Å². The summed E-state index contributed by atoms with van der Waals surface area (Å²) in [5.41, 5.74) is 2.80. The monoisotopic (exact) mass is 470 g/mol. The molecule has 9 heteroatoms. The number of para-hydroxylation sites is 2. The van der Waals surface area contributed by atoms with Crippen molar-refractivity contribution in [3.63, 3.8) is 0 Å². The number of anilines is 1. The molecule has 0 atom stereocenters. The summed E-state index contributed by atoms with van der Waals surface area (Å²) in [5, 5.41) is 6.16. The van der Waals surface area contributed by atoms with Crippen LogP contribution in [0.5, 0.6) is 0 Å². The second-order valence-corrected chi connectivity index (χ2v) is 8.60. The number of amides is 2. The summed E-state index contributed by atoms with van der Waals surface area (Å²) in [6, 6.07) is 13.1. The normalized spacial score (nSPS) is 11.0. The van der Waals surface area contributed by atoms with E-state index < -0.39 is 11.7 Å². The van der Waals surface area contributed by atoms with Crippen LogP contribution >= 0.6 is 22.9 Å². The zero-order chi connectivity index (χ0) is 22.8. The summed E-state index contributed by atoms with van der Waals surface area (Å²) >= 11 is 7.12. The van der Waals surface area contributed by atoms with E-state index in [2.05, 4.69) is 20.2 Å². The molecule has 2 heterocycles. The van der Waals surface area contributed by atoms with Crippen LogP contribution < -0.4 is 10.6 Å². The van der Waals surface area contributed by atoms with Crippen molar-refractivity contribution >= 4 is 50.8 Å². The Kier molecular flexibility index (Phi) is 6.25. The van der Waals surface area contributed by atoms with Crippen LogP contribution in [0.1, 0.15) is 38.3 Å². The van der Waals surface area contributed by atoms with Gasteiger partial charge < -0.3 is 15.2 Å². The lowest BCUT2D eigenvalue weighted by atomic mass is 10.2. The SMILES string of the molecule is CCn1c(CNC(=O)c2sc(NC(=O)c3ccc(F)cc3Cl)cc2C)nc2ccccc21. The van der Waals surface area contributed by atoms with E-state index in [1.54, 1.807) is 13.0 Å². The maximum Gasteiger partial charge on any atom is 0.262 e. The molecule has 32 heavy (non-hydrogen) atoms. The van der Waals surface area contributed by atoms with Gasteiger partial charge in [0.05, 0.1) is 38.0 Å². The zero-order valence-corrected chi connectivity index (χ0v) is 19.0. The highest BCUT2D eigenvalue weighted by Gasteiger charge is 2.18. The number of fused-ring (bicyclic) bond motifs is 1. The molecule has 2 aromatic carbocycles. The third-order valence-corrected chi connectivity index (χ3v) is 6.46. The van der Waals surface area contributed by atoms with Gasteiger partial charge in [-0.1, -0.05) is 23.7 Å². The van der Waals surface area contributed by atoms with Crippen LogP contribution in [0.3, 0.4) is 0 Å². The maximum atomic E-state index is 13.2. The molecule has 0 radical (unpaired) electrons. The smallest absolute Gasteiger partial charge is 0.262 e. The minimum absolute atomic E-state index is 0.0209. The predicted molar refractivity (Wildman–Crippen MR) is 125 cm³/mol. The lowest BCUT2D eigenvalue weighted by Crippen LogP contribution is -2.24. The second-order valence-electron chi connectivity index (χ2n) is 7.14. The van der Waals surface area contributed by atoms with Gasteiger partial charge in [0, 0.05) is 6.54 Å². The van der Waals surface area contributed by atoms with E-state index in [1.807, 2.05) is 31.2 Å². The molecule has 2 N–H and O–H groups in total. The van der Waals surface area contributed by atoms with Gasteiger partial charge in [0.2, 0.25) is 0 Å². The summed E-state index contributed by atoms with van der Waals surface area (Å²) in [5.74, 6) is -0.466. The molecule has 4 aromatic rings. The van der Waals surface area contributed by atoms with Crippen LogP contribution in [0, 0.1) is 12.7 Å². The van der Waals surface area contributed by atoms with E-state index in [4.69, 9.17) is 11.6 Å². The van der Waals surface area contributed by atoms with Crippen LogP contribution in [0.15, 0.2) is 48.5 Å². The molecule has 0 aliphatic heterocycles. The first-order valence-corrected chi connectivity index (χ1v) is 11.2. The molecule has 0 saturated heterocycles. The number of benzene rings is 2. The third kappa shape index (κ3) is 4.37. The van der Waals surface area contributed by atoms with Crippen LogP contribution in [0.2, 0.25) is 5.02 Å². The first kappa shape index (κ1) is 22.0. The van der Waals surface area contributed by atoms with Gasteiger partial charge >= 0.3 is 0 Å². The van der Waals surface area contributed by atoms with Crippen molar-refractivity contribution < 1.29 is 14.0 Å². The van der Waals surface area contributed by atoms with Crippen molar-refractivity contribution in [2.75, 3.05) is 5.32 Å². The van der Waals surface area contributed by atoms with Gasteiger partial charge in [0.15, 0.2) is 0 Å². The summed E-state index contributed by atoms with van der Waals surface area (Å²) in [6.45, 7) is 4.86. The number of nitrogens with zero attached hydrogens (tertiary/aromatic N) is 2. The maximum absolute atomic E-state index is 13.2. The molecule has 0 saturated carbocycles. The molecule has 6 nitrogen and oxygen atoms in total. The Hall–Kier alpha value is -3.23. The van der Waals surface area contributed by atoms with Crippen molar-refractivity contribution in [2.45, 2.75) is 26.9 Å². The number of nitrogens with one attached hydrogen (secondary N) is 2. The standard InChI is InChI=1S/C23H20ClFN4O2S/c1-3-29-18-7-5-4-6-17(18)27-19(29)12-26-23(31)21-13(2)10-20(32-21)28-22(30)15-9-8-14(25)11-16(15)24/h4-11H,3,12H2,1-2H3,(H,26,31)(H,28,30). The van der Waals surface area contributed by atoms with Gasteiger partial charge in [-0.2, -0.15) is 0 Å². The Morgan fingerprint density at radius 1 is 1.16 bits per heavy atom. The number of thiophene rings is 1. The molecule has 0 bridgehead atoms. The highest BCUT2D eigenvalue weighted by atomic mass is 35.5. The minimum atomic E-state index is -0.519. The minimum Gasteiger partial charge on any atom is -0.344 e. The third-order valence-electron chi connectivity index (χ3n) is 4.99. The van der Waals surface area contributed by atoms with Crippen LogP contribution in [-0.2, 0) is 13.1 Å². The number of carbonyl (C=O) groups excluding carboxylic acids is 2. The largest absolute Gasteiger partial charge is 0.344 e. The van der Waals surface area contributed by atoms with Gasteiger partial charge in [0.1, 0.15) is 11.6 Å². The second kappa shape index (κ2) is 9.10. The number of rotatable bonds is 6. The number of imidazole rings is 1. The van der Waals surface area contributed by atoms with Gasteiger partial charge in [0.25, 0.3) is 11.8 Å². The summed E-state index contributed by atoms with van der Waals surface area (Å²) in [7, 11) is 0. The Balaban J connectivity index is 1.47. The van der Waals surface area contributed by atoms with Crippen LogP contribution in [-0.4, -0.2) is 21.4 Å². The molecule has 2 amide bonds. The van der Waals surface area contributed by atoms with E-state index >= 15 is 0 Å². The average Bonchev–Trinajstić information content (AvgIpc) is 3.31. The fourth-order valence-electron chi connectivity index (χ4n) is 3.47. The van der Waals surface area contributed by atoms with E-state index in [1.165, 1.54) is 12.1 Å². The highest BCUT2D eigenvalue weighted by molar-refractivity contribution is 7.18. The Labute approximate surface area is 193 Å². The fourth-order valence-corrected chi connectivity index (χ4v) is 4.71. The quantitative estimate of drug-likeness (QED) is 0.396. The molecule has 2 aromatic heterocycles. The molecule has 0 spiro atoms. The predicted octanol–water partition coefficient (Wildman–Crippen LogP) is 5.40. The molecule has 0 fully saturated rings. The number of halogens is 2. The Bertz CT molecular complexity index is 1330. The number of hydrogen-bond acceptors (Lipinski definition) is 4. The summed E-state index contributed by atoms with van der Waals surface area (Å²) in [6.07, 6.45) is 0. The van der Waals surface area contributed by atoms with E-state index in [0.717, 1.165) is 46.4 Å². The van der Waals surface area contributed by atoms with E-state index in [0.29, 0.717) is 9.88 Å². The average molecular weight is 471 g/mol. The van der Waals surface area contributed by atoms with Crippen molar-refractivity contribution in [3.8, 4) is 0 Å². The highest BCUT2D eigenvalue weighted by Crippen LogP contribution is 2.28. The molecule has 4 rings (SSSR count). The number of hydrogen-bond donors (Lipinski definition) is 2. The lowest BCUT2D eigenvalue weighted by molar-refractivity contribution is 0.0952. The fraction of sp³-hybridized carbons (Fsp3) is 0.174. The van der Waals surface area contributed by atoms with Crippen LogP contribution in [0.4, 0.5) is 9.39 Å². The van der Waals surface area contributed by atoms with Gasteiger partial charge in [-0.15, -0.1) is 11.3 Å². The van der Waals surface area contributed by atoms with Gasteiger partial charge in [-0.25, -0.2) is 9.37 Å². The molecule has 164 valence electrons. The molecule has 0 aliphatic rings. The van der Waals surface area contributed by atoms with Crippen molar-refractivity contribution in [1.29, 1.82) is 0 Å². The molecule has 0 aliphatic carbocycles. The first-order chi connectivity index (χ1) is 15.4.